The minimum absolute atomic E-state index is 0.312. The highest BCUT2D eigenvalue weighted by molar-refractivity contribution is 5.97. The number of benzene rings is 1. The van der Waals surface area contributed by atoms with Gasteiger partial charge in [0.25, 0.3) is 5.91 Å². The van der Waals surface area contributed by atoms with E-state index >= 15 is 0 Å². The number of nitrogens with two attached hydrogens (primary N) is 1. The van der Waals surface area contributed by atoms with Crippen molar-refractivity contribution in [3.05, 3.63) is 29.8 Å². The maximum Gasteiger partial charge on any atom is 0.330 e. The number of aliphatic hydroxyl groups excluding tert-OH is 1. The van der Waals surface area contributed by atoms with Crippen molar-refractivity contribution in [1.82, 2.24) is 5.32 Å². The lowest BCUT2D eigenvalue weighted by Gasteiger charge is -2.13. The summed E-state index contributed by atoms with van der Waals surface area (Å²) in [6.07, 6.45) is 0. The molecule has 92 valence electrons. The van der Waals surface area contributed by atoms with Crippen LogP contribution in [0.25, 0.3) is 0 Å². The van der Waals surface area contributed by atoms with Crippen LogP contribution in [0, 0.1) is 0 Å². The minimum atomic E-state index is -1.08. The first kappa shape index (κ1) is 13.0. The summed E-state index contributed by atoms with van der Waals surface area (Å²) < 4.78 is 4.43. The van der Waals surface area contributed by atoms with Crippen LogP contribution in [0.2, 0.25) is 0 Å². The van der Waals surface area contributed by atoms with E-state index in [1.165, 1.54) is 13.2 Å². The van der Waals surface area contributed by atoms with Gasteiger partial charge in [-0.1, -0.05) is 6.07 Å². The molecule has 0 aliphatic carbocycles. The number of rotatable bonds is 4. The molecule has 1 aromatic rings. The largest absolute Gasteiger partial charge is 0.467 e. The average Bonchev–Trinajstić information content (AvgIpc) is 2.34. The third-order valence-corrected chi connectivity index (χ3v) is 2.12. The van der Waals surface area contributed by atoms with Gasteiger partial charge in [0, 0.05) is 11.3 Å². The van der Waals surface area contributed by atoms with Crippen molar-refractivity contribution in [3.8, 4) is 0 Å². The predicted molar refractivity (Wildman–Crippen MR) is 61.2 cm³/mol. The Hall–Kier alpha value is -2.08. The van der Waals surface area contributed by atoms with Crippen LogP contribution < -0.4 is 11.1 Å². The van der Waals surface area contributed by atoms with Crippen LogP contribution in [0.15, 0.2) is 24.3 Å². The molecule has 1 amide bonds. The lowest BCUT2D eigenvalue weighted by molar-refractivity contribution is -0.143. The van der Waals surface area contributed by atoms with E-state index in [2.05, 4.69) is 10.1 Å². The molecule has 1 aromatic carbocycles. The molecule has 0 saturated carbocycles. The predicted octanol–water partition coefficient (Wildman–Crippen LogP) is -0.468. The molecule has 0 fully saturated rings. The Morgan fingerprint density at radius 1 is 1.53 bits per heavy atom. The summed E-state index contributed by atoms with van der Waals surface area (Å²) in [6.45, 7) is -0.527. The Morgan fingerprint density at radius 3 is 2.76 bits per heavy atom. The average molecular weight is 238 g/mol. The van der Waals surface area contributed by atoms with Gasteiger partial charge in [-0.15, -0.1) is 0 Å². The number of carbonyl (C=O) groups is 2. The number of ether oxygens (including phenoxy) is 1. The molecule has 0 aliphatic rings. The van der Waals surface area contributed by atoms with Gasteiger partial charge in [0.15, 0.2) is 6.04 Å². The van der Waals surface area contributed by atoms with Crippen LogP contribution in [0.4, 0.5) is 5.69 Å². The molecule has 0 aliphatic heterocycles. The normalized spacial score (nSPS) is 11.6. The van der Waals surface area contributed by atoms with Crippen LogP contribution >= 0.6 is 0 Å². The molecule has 0 bridgehead atoms. The van der Waals surface area contributed by atoms with Crippen molar-refractivity contribution in [2.75, 3.05) is 19.5 Å². The van der Waals surface area contributed by atoms with Crippen LogP contribution in [-0.2, 0) is 9.53 Å². The maximum atomic E-state index is 11.7. The molecule has 6 nitrogen and oxygen atoms in total. The van der Waals surface area contributed by atoms with Crippen LogP contribution in [-0.4, -0.2) is 36.7 Å². The number of amides is 1. The number of nitrogen functional groups attached to an aromatic ring is 1. The molecule has 6 heteroatoms. The van der Waals surface area contributed by atoms with Gasteiger partial charge in [0.2, 0.25) is 0 Å². The number of aliphatic hydroxyl groups is 1. The summed E-state index contributed by atoms with van der Waals surface area (Å²) in [6, 6.07) is 5.21. The van der Waals surface area contributed by atoms with Gasteiger partial charge >= 0.3 is 5.97 Å². The molecule has 0 spiro atoms. The first-order valence-corrected chi connectivity index (χ1v) is 4.93. The Labute approximate surface area is 98.4 Å². The van der Waals surface area contributed by atoms with E-state index in [0.29, 0.717) is 11.3 Å². The molecular weight excluding hydrogens is 224 g/mol. The summed E-state index contributed by atoms with van der Waals surface area (Å²) in [5.41, 5.74) is 6.28. The topological polar surface area (TPSA) is 102 Å². The van der Waals surface area contributed by atoms with E-state index in [1.807, 2.05) is 0 Å². The quantitative estimate of drug-likeness (QED) is 0.486. The number of hydrogen-bond donors (Lipinski definition) is 3. The Bertz CT molecular complexity index is 420. The van der Waals surface area contributed by atoms with Crippen molar-refractivity contribution >= 4 is 17.6 Å². The zero-order valence-corrected chi connectivity index (χ0v) is 9.34. The minimum Gasteiger partial charge on any atom is -0.467 e. The molecular formula is C11H14N2O4. The monoisotopic (exact) mass is 238 g/mol. The maximum absolute atomic E-state index is 11.7. The van der Waals surface area contributed by atoms with Crippen LogP contribution in [0.1, 0.15) is 10.4 Å². The fourth-order valence-electron chi connectivity index (χ4n) is 1.24. The summed E-state index contributed by atoms with van der Waals surface area (Å²) in [5, 5.41) is 11.3. The second kappa shape index (κ2) is 5.86. The van der Waals surface area contributed by atoms with Crippen LogP contribution in [0.3, 0.4) is 0 Å². The lowest BCUT2D eigenvalue weighted by atomic mass is 10.2. The fraction of sp³-hybridized carbons (Fsp3) is 0.273. The van der Waals surface area contributed by atoms with Gasteiger partial charge in [0.1, 0.15) is 0 Å². The number of anilines is 1. The molecule has 0 aromatic heterocycles. The van der Waals surface area contributed by atoms with Crippen molar-refractivity contribution in [3.63, 3.8) is 0 Å². The van der Waals surface area contributed by atoms with Gasteiger partial charge < -0.3 is 20.9 Å². The highest BCUT2D eigenvalue weighted by Crippen LogP contribution is 2.06. The van der Waals surface area contributed by atoms with Gasteiger partial charge in [0.05, 0.1) is 13.7 Å². The van der Waals surface area contributed by atoms with Crippen molar-refractivity contribution in [2.24, 2.45) is 0 Å². The molecule has 0 radical (unpaired) electrons. The van der Waals surface area contributed by atoms with Crippen molar-refractivity contribution in [2.45, 2.75) is 6.04 Å². The Morgan fingerprint density at radius 2 is 2.24 bits per heavy atom. The first-order valence-electron chi connectivity index (χ1n) is 4.93. The van der Waals surface area contributed by atoms with E-state index in [1.54, 1.807) is 18.2 Å². The molecule has 1 rings (SSSR count). The first-order chi connectivity index (χ1) is 8.08. The molecule has 0 unspecified atom stereocenters. The van der Waals surface area contributed by atoms with E-state index in [-0.39, 0.29) is 0 Å². The van der Waals surface area contributed by atoms with Crippen molar-refractivity contribution < 1.29 is 19.4 Å². The van der Waals surface area contributed by atoms with Gasteiger partial charge in [-0.3, -0.25) is 4.79 Å². The number of nitrogens with one attached hydrogen (secondary N) is 1. The SMILES string of the molecule is COC(=O)[C@H](CO)NC(=O)c1cccc(N)c1. The summed E-state index contributed by atoms with van der Waals surface area (Å²) >= 11 is 0. The zero-order valence-electron chi connectivity index (χ0n) is 9.34. The van der Waals surface area contributed by atoms with Crippen LogP contribution in [0.5, 0.6) is 0 Å². The number of hydrogen-bond acceptors (Lipinski definition) is 5. The van der Waals surface area contributed by atoms with E-state index in [9.17, 15) is 9.59 Å². The second-order valence-corrected chi connectivity index (χ2v) is 3.36. The van der Waals surface area contributed by atoms with E-state index in [4.69, 9.17) is 10.8 Å². The molecule has 0 heterocycles. The molecule has 1 atom stereocenters. The summed E-state index contributed by atoms with van der Waals surface area (Å²) in [4.78, 5) is 22.9. The third kappa shape index (κ3) is 3.46. The summed E-state index contributed by atoms with van der Waals surface area (Å²) in [5.74, 6) is -1.20. The lowest BCUT2D eigenvalue weighted by Crippen LogP contribution is -2.44. The fourth-order valence-corrected chi connectivity index (χ4v) is 1.24. The van der Waals surface area contributed by atoms with Gasteiger partial charge in [-0.2, -0.15) is 0 Å². The molecule has 0 saturated heterocycles. The molecule has 17 heavy (non-hydrogen) atoms. The van der Waals surface area contributed by atoms with Gasteiger partial charge in [-0.25, -0.2) is 4.79 Å². The standard InChI is InChI=1S/C11H14N2O4/c1-17-11(16)9(6-14)13-10(15)7-3-2-4-8(12)5-7/h2-5,9,14H,6,12H2,1H3,(H,13,15)/t9-/m0/s1. The summed E-state index contributed by atoms with van der Waals surface area (Å²) in [7, 11) is 1.18. The number of esters is 1. The highest BCUT2D eigenvalue weighted by atomic mass is 16.5. The zero-order chi connectivity index (χ0) is 12.8. The Balaban J connectivity index is 2.74. The second-order valence-electron chi connectivity index (χ2n) is 3.36. The van der Waals surface area contributed by atoms with Crippen molar-refractivity contribution in [1.29, 1.82) is 0 Å². The number of carbonyl (C=O) groups excluding carboxylic acids is 2. The van der Waals surface area contributed by atoms with Gasteiger partial charge in [-0.05, 0) is 18.2 Å². The smallest absolute Gasteiger partial charge is 0.330 e. The van der Waals surface area contributed by atoms with E-state index in [0.717, 1.165) is 0 Å². The third-order valence-electron chi connectivity index (χ3n) is 2.12. The Kier molecular flexibility index (Phi) is 4.47. The number of methoxy groups -OCH3 is 1. The highest BCUT2D eigenvalue weighted by Gasteiger charge is 2.20. The molecule has 4 N–H and O–H groups in total. The van der Waals surface area contributed by atoms with E-state index < -0.39 is 24.5 Å².